The fraction of sp³-hybridized carbons (Fsp3) is 0.462. The van der Waals surface area contributed by atoms with Crippen molar-refractivity contribution in [3.63, 3.8) is 0 Å². The molecule has 0 spiro atoms. The number of hydrogen-bond acceptors (Lipinski definition) is 4. The summed E-state index contributed by atoms with van der Waals surface area (Å²) in [5.74, 6) is -1.16. The summed E-state index contributed by atoms with van der Waals surface area (Å²) in [6.45, 7) is 3.32. The lowest BCUT2D eigenvalue weighted by Gasteiger charge is -2.32. The fourth-order valence-corrected chi connectivity index (χ4v) is 2.61. The number of likely N-dealkylation sites (N-methyl/N-ethyl adjacent to an activating group) is 1. The SMILES string of the molecule is CN1CCN(NC(=O)CSc2cc(F)ccc2F)CC1. The van der Waals surface area contributed by atoms with Crippen LogP contribution in [0.4, 0.5) is 8.78 Å². The van der Waals surface area contributed by atoms with Crippen molar-refractivity contribution in [2.45, 2.75) is 4.90 Å². The molecule has 1 aliphatic heterocycles. The third-order valence-corrected chi connectivity index (χ3v) is 4.07. The Morgan fingerprint density at radius 2 is 2.00 bits per heavy atom. The minimum absolute atomic E-state index is 0.0622. The van der Waals surface area contributed by atoms with Gasteiger partial charge in [-0.05, 0) is 25.2 Å². The Kier molecular flexibility index (Phi) is 5.33. The summed E-state index contributed by atoms with van der Waals surface area (Å²) in [6.07, 6.45) is 0. The zero-order valence-corrected chi connectivity index (χ0v) is 12.1. The van der Waals surface area contributed by atoms with Crippen LogP contribution in [0.2, 0.25) is 0 Å². The molecule has 1 aliphatic rings. The molecule has 1 N–H and O–H groups in total. The number of carbonyl (C=O) groups excluding carboxylic acids is 1. The van der Waals surface area contributed by atoms with Gasteiger partial charge in [0.05, 0.1) is 5.75 Å². The maximum atomic E-state index is 13.4. The molecule has 110 valence electrons. The van der Waals surface area contributed by atoms with E-state index in [1.54, 1.807) is 0 Å². The van der Waals surface area contributed by atoms with Gasteiger partial charge in [-0.25, -0.2) is 13.8 Å². The molecule has 1 aromatic carbocycles. The van der Waals surface area contributed by atoms with E-state index in [9.17, 15) is 13.6 Å². The third kappa shape index (κ3) is 4.43. The Morgan fingerprint density at radius 1 is 1.30 bits per heavy atom. The molecule has 1 heterocycles. The van der Waals surface area contributed by atoms with E-state index in [-0.39, 0.29) is 16.6 Å². The molecule has 1 saturated heterocycles. The Morgan fingerprint density at radius 3 is 2.70 bits per heavy atom. The van der Waals surface area contributed by atoms with Crippen molar-refractivity contribution >= 4 is 17.7 Å². The maximum Gasteiger partial charge on any atom is 0.244 e. The van der Waals surface area contributed by atoms with E-state index in [2.05, 4.69) is 10.3 Å². The summed E-state index contributed by atoms with van der Waals surface area (Å²) in [5, 5.41) is 1.85. The molecule has 1 aromatic rings. The van der Waals surface area contributed by atoms with E-state index >= 15 is 0 Å². The molecule has 2 rings (SSSR count). The first-order chi connectivity index (χ1) is 9.54. The molecule has 4 nitrogen and oxygen atoms in total. The predicted octanol–water partition coefficient (Wildman–Crippen LogP) is 1.34. The van der Waals surface area contributed by atoms with E-state index in [1.165, 1.54) is 0 Å². The van der Waals surface area contributed by atoms with Crippen molar-refractivity contribution in [3.05, 3.63) is 29.8 Å². The largest absolute Gasteiger partial charge is 0.304 e. The second kappa shape index (κ2) is 7.01. The maximum absolute atomic E-state index is 13.4. The van der Waals surface area contributed by atoms with Crippen LogP contribution in [0.1, 0.15) is 0 Å². The highest BCUT2D eigenvalue weighted by atomic mass is 32.2. The van der Waals surface area contributed by atoms with Gasteiger partial charge < -0.3 is 4.90 Å². The molecule has 1 amide bonds. The van der Waals surface area contributed by atoms with Crippen LogP contribution >= 0.6 is 11.8 Å². The van der Waals surface area contributed by atoms with Crippen molar-refractivity contribution in [2.24, 2.45) is 0 Å². The highest BCUT2D eigenvalue weighted by Crippen LogP contribution is 2.22. The van der Waals surface area contributed by atoms with Crippen LogP contribution in [-0.4, -0.2) is 54.8 Å². The number of amides is 1. The molecular formula is C13H17F2N3OS. The Bertz CT molecular complexity index is 479. The van der Waals surface area contributed by atoms with Crippen molar-refractivity contribution in [3.8, 4) is 0 Å². The average Bonchev–Trinajstić information content (AvgIpc) is 2.42. The summed E-state index contributed by atoms with van der Waals surface area (Å²) in [4.78, 5) is 14.1. The van der Waals surface area contributed by atoms with Gasteiger partial charge in [0.2, 0.25) is 5.91 Å². The van der Waals surface area contributed by atoms with Crippen LogP contribution in [0.25, 0.3) is 0 Å². The van der Waals surface area contributed by atoms with Gasteiger partial charge in [-0.2, -0.15) is 0 Å². The van der Waals surface area contributed by atoms with E-state index < -0.39 is 11.6 Å². The quantitative estimate of drug-likeness (QED) is 0.851. The Labute approximate surface area is 121 Å². The van der Waals surface area contributed by atoms with Gasteiger partial charge in [0, 0.05) is 31.1 Å². The fourth-order valence-electron chi connectivity index (χ4n) is 1.86. The lowest BCUT2D eigenvalue weighted by Crippen LogP contribution is -2.52. The average molecular weight is 301 g/mol. The van der Waals surface area contributed by atoms with Gasteiger partial charge in [0.1, 0.15) is 11.6 Å². The number of nitrogens with zero attached hydrogens (tertiary/aromatic N) is 2. The summed E-state index contributed by atoms with van der Waals surface area (Å²) in [7, 11) is 2.03. The number of carbonyl (C=O) groups is 1. The Hall–Kier alpha value is -1.18. The molecule has 0 saturated carbocycles. The molecular weight excluding hydrogens is 284 g/mol. The molecule has 7 heteroatoms. The van der Waals surface area contributed by atoms with E-state index in [4.69, 9.17) is 0 Å². The standard InChI is InChI=1S/C13H17F2N3OS/c1-17-4-6-18(7-5-17)16-13(19)9-20-12-8-10(14)2-3-11(12)15/h2-3,8H,4-7,9H2,1H3,(H,16,19). The molecule has 0 unspecified atom stereocenters. The zero-order valence-electron chi connectivity index (χ0n) is 11.2. The first kappa shape index (κ1) is 15.2. The lowest BCUT2D eigenvalue weighted by molar-refractivity contribution is -0.124. The molecule has 20 heavy (non-hydrogen) atoms. The van der Waals surface area contributed by atoms with Crippen LogP contribution in [0.15, 0.2) is 23.1 Å². The summed E-state index contributed by atoms with van der Waals surface area (Å²) in [6, 6.07) is 3.23. The van der Waals surface area contributed by atoms with Crippen LogP contribution in [0.5, 0.6) is 0 Å². The highest BCUT2D eigenvalue weighted by Gasteiger charge is 2.16. The van der Waals surface area contributed by atoms with Gasteiger partial charge >= 0.3 is 0 Å². The highest BCUT2D eigenvalue weighted by molar-refractivity contribution is 8.00. The van der Waals surface area contributed by atoms with E-state index in [0.29, 0.717) is 0 Å². The Balaban J connectivity index is 1.79. The lowest BCUT2D eigenvalue weighted by atomic mass is 10.3. The molecule has 0 atom stereocenters. The van der Waals surface area contributed by atoms with Gasteiger partial charge in [0.25, 0.3) is 0 Å². The smallest absolute Gasteiger partial charge is 0.244 e. The number of rotatable bonds is 4. The molecule has 0 aliphatic carbocycles. The van der Waals surface area contributed by atoms with Crippen LogP contribution in [0, 0.1) is 11.6 Å². The third-order valence-electron chi connectivity index (χ3n) is 3.04. The van der Waals surface area contributed by atoms with Crippen molar-refractivity contribution in [2.75, 3.05) is 39.0 Å². The predicted molar refractivity (Wildman–Crippen MR) is 74.3 cm³/mol. The van der Waals surface area contributed by atoms with Crippen LogP contribution < -0.4 is 5.43 Å². The molecule has 0 radical (unpaired) electrons. The first-order valence-electron chi connectivity index (χ1n) is 6.35. The number of hydrazine groups is 1. The number of benzene rings is 1. The molecule has 1 fully saturated rings. The minimum atomic E-state index is -0.510. The van der Waals surface area contributed by atoms with E-state index in [0.717, 1.165) is 56.1 Å². The van der Waals surface area contributed by atoms with Gasteiger partial charge in [0.15, 0.2) is 0 Å². The van der Waals surface area contributed by atoms with Gasteiger partial charge in [-0.15, -0.1) is 11.8 Å². The number of halogens is 2. The van der Waals surface area contributed by atoms with Crippen molar-refractivity contribution < 1.29 is 13.6 Å². The van der Waals surface area contributed by atoms with Crippen molar-refractivity contribution in [1.82, 2.24) is 15.3 Å². The molecule has 0 bridgehead atoms. The number of nitrogens with one attached hydrogen (secondary N) is 1. The van der Waals surface area contributed by atoms with Crippen LogP contribution in [-0.2, 0) is 4.79 Å². The second-order valence-corrected chi connectivity index (χ2v) is 5.71. The number of thioether (sulfide) groups is 1. The first-order valence-corrected chi connectivity index (χ1v) is 7.34. The second-order valence-electron chi connectivity index (χ2n) is 4.69. The zero-order chi connectivity index (χ0) is 14.5. The van der Waals surface area contributed by atoms with Gasteiger partial charge in [-0.3, -0.25) is 10.2 Å². The topological polar surface area (TPSA) is 35.6 Å². The van der Waals surface area contributed by atoms with Crippen LogP contribution in [0.3, 0.4) is 0 Å². The molecule has 0 aromatic heterocycles. The summed E-state index contributed by atoms with van der Waals surface area (Å²) in [5.41, 5.74) is 2.77. The summed E-state index contributed by atoms with van der Waals surface area (Å²) < 4.78 is 26.4. The van der Waals surface area contributed by atoms with Crippen molar-refractivity contribution in [1.29, 1.82) is 0 Å². The summed E-state index contributed by atoms with van der Waals surface area (Å²) >= 11 is 0.994. The number of hydrogen-bond donors (Lipinski definition) is 1. The van der Waals surface area contributed by atoms with E-state index in [1.807, 2.05) is 12.1 Å². The van der Waals surface area contributed by atoms with Gasteiger partial charge in [-0.1, -0.05) is 0 Å². The minimum Gasteiger partial charge on any atom is -0.304 e. The number of piperazine rings is 1. The monoisotopic (exact) mass is 301 g/mol. The normalized spacial score (nSPS) is 17.1.